The van der Waals surface area contributed by atoms with Gasteiger partial charge in [-0.1, -0.05) is 0 Å². The predicted molar refractivity (Wildman–Crippen MR) is 83.7 cm³/mol. The van der Waals surface area contributed by atoms with E-state index in [9.17, 15) is 4.79 Å². The molecule has 0 spiro atoms. The zero-order chi connectivity index (χ0) is 15.1. The Morgan fingerprint density at radius 2 is 2.10 bits per heavy atom. The minimum Gasteiger partial charge on any atom is -0.375 e. The van der Waals surface area contributed by atoms with E-state index in [0.717, 1.165) is 22.2 Å². The molecule has 0 bridgehead atoms. The van der Waals surface area contributed by atoms with Gasteiger partial charge in [-0.25, -0.2) is 0 Å². The largest absolute Gasteiger partial charge is 0.375 e. The second kappa shape index (κ2) is 5.19. The second-order valence-corrected chi connectivity index (χ2v) is 6.09. The first-order valence-corrected chi connectivity index (χ1v) is 7.49. The Balaban J connectivity index is 1.95. The van der Waals surface area contributed by atoms with Crippen molar-refractivity contribution in [3.8, 4) is 0 Å². The molecule has 1 N–H and O–H groups in total. The third-order valence-corrected chi connectivity index (χ3v) is 4.42. The number of amides is 1. The number of morpholine rings is 1. The van der Waals surface area contributed by atoms with Crippen LogP contribution in [0.15, 0.2) is 18.2 Å². The first kappa shape index (κ1) is 14.1. The van der Waals surface area contributed by atoms with Crippen LogP contribution in [0.4, 0.5) is 0 Å². The van der Waals surface area contributed by atoms with Gasteiger partial charge in [0.2, 0.25) is 0 Å². The zero-order valence-electron chi connectivity index (χ0n) is 13.1. The molecule has 1 fully saturated rings. The van der Waals surface area contributed by atoms with Crippen LogP contribution in [0.3, 0.4) is 0 Å². The van der Waals surface area contributed by atoms with Gasteiger partial charge in [-0.2, -0.15) is 0 Å². The number of aromatic amines is 1. The summed E-state index contributed by atoms with van der Waals surface area (Å²) in [5, 5.41) is 1.13. The van der Waals surface area contributed by atoms with Crippen molar-refractivity contribution in [2.24, 2.45) is 0 Å². The van der Waals surface area contributed by atoms with Crippen LogP contribution >= 0.6 is 0 Å². The van der Waals surface area contributed by atoms with Crippen molar-refractivity contribution < 1.29 is 9.53 Å². The molecule has 1 aliphatic rings. The molecule has 1 saturated heterocycles. The van der Waals surface area contributed by atoms with E-state index in [0.29, 0.717) is 13.2 Å². The molecule has 0 aliphatic carbocycles. The number of aryl methyl sites for hydroxylation is 2. The first-order valence-electron chi connectivity index (χ1n) is 7.49. The van der Waals surface area contributed by atoms with Gasteiger partial charge in [0.15, 0.2) is 0 Å². The average Bonchev–Trinajstić information content (AvgIpc) is 2.76. The quantitative estimate of drug-likeness (QED) is 0.876. The standard InChI is InChI=1S/C17H22N2O2/c1-10-9-21-11(2)8-19(10)17(20)14-5-6-16-15(7-14)12(3)13(4)18-16/h5-7,10-11,18H,8-9H2,1-4H3. The second-order valence-electron chi connectivity index (χ2n) is 6.09. The highest BCUT2D eigenvalue weighted by molar-refractivity contribution is 5.99. The minimum atomic E-state index is 0.0952. The topological polar surface area (TPSA) is 45.3 Å². The van der Waals surface area contributed by atoms with Crippen molar-refractivity contribution in [1.82, 2.24) is 9.88 Å². The predicted octanol–water partition coefficient (Wildman–Crippen LogP) is 3.03. The van der Waals surface area contributed by atoms with Gasteiger partial charge < -0.3 is 14.6 Å². The van der Waals surface area contributed by atoms with Gasteiger partial charge in [0.1, 0.15) is 0 Å². The maximum atomic E-state index is 12.8. The smallest absolute Gasteiger partial charge is 0.254 e. The SMILES string of the molecule is Cc1[nH]c2ccc(C(=O)N3CC(C)OCC3C)cc2c1C. The lowest BCUT2D eigenvalue weighted by Crippen LogP contribution is -2.50. The van der Waals surface area contributed by atoms with Crippen LogP contribution in [-0.4, -0.2) is 41.1 Å². The number of hydrogen-bond acceptors (Lipinski definition) is 2. The number of carbonyl (C=O) groups is 1. The van der Waals surface area contributed by atoms with E-state index < -0.39 is 0 Å². The molecule has 1 aromatic carbocycles. The van der Waals surface area contributed by atoms with Gasteiger partial charge >= 0.3 is 0 Å². The molecule has 2 atom stereocenters. The molecule has 2 heterocycles. The molecular weight excluding hydrogens is 264 g/mol. The Labute approximate surface area is 125 Å². The van der Waals surface area contributed by atoms with Crippen LogP contribution in [0.1, 0.15) is 35.5 Å². The van der Waals surface area contributed by atoms with Crippen molar-refractivity contribution in [2.45, 2.75) is 39.8 Å². The molecule has 1 aliphatic heterocycles. The molecule has 1 amide bonds. The van der Waals surface area contributed by atoms with Crippen LogP contribution < -0.4 is 0 Å². The van der Waals surface area contributed by atoms with Crippen molar-refractivity contribution >= 4 is 16.8 Å². The fourth-order valence-corrected chi connectivity index (χ4v) is 2.95. The minimum absolute atomic E-state index is 0.0952. The van der Waals surface area contributed by atoms with Gasteiger partial charge in [0.05, 0.1) is 18.8 Å². The van der Waals surface area contributed by atoms with Crippen LogP contribution in [0.25, 0.3) is 10.9 Å². The summed E-state index contributed by atoms with van der Waals surface area (Å²) in [5.74, 6) is 0.0952. The lowest BCUT2D eigenvalue weighted by Gasteiger charge is -2.36. The number of nitrogens with one attached hydrogen (secondary N) is 1. The molecule has 2 aromatic rings. The number of benzene rings is 1. The van der Waals surface area contributed by atoms with Gasteiger partial charge in [-0.05, 0) is 51.5 Å². The highest BCUT2D eigenvalue weighted by Gasteiger charge is 2.28. The summed E-state index contributed by atoms with van der Waals surface area (Å²) >= 11 is 0. The number of aromatic nitrogens is 1. The highest BCUT2D eigenvalue weighted by Crippen LogP contribution is 2.24. The lowest BCUT2D eigenvalue weighted by molar-refractivity contribution is -0.0387. The van der Waals surface area contributed by atoms with Crippen LogP contribution in [0.2, 0.25) is 0 Å². The van der Waals surface area contributed by atoms with E-state index in [2.05, 4.69) is 18.8 Å². The fourth-order valence-electron chi connectivity index (χ4n) is 2.95. The summed E-state index contributed by atoms with van der Waals surface area (Å²) in [7, 11) is 0. The molecular formula is C17H22N2O2. The first-order chi connectivity index (χ1) is 9.97. The number of fused-ring (bicyclic) bond motifs is 1. The summed E-state index contributed by atoms with van der Waals surface area (Å²) in [6.45, 7) is 9.45. The van der Waals surface area contributed by atoms with E-state index in [1.807, 2.05) is 36.9 Å². The summed E-state index contributed by atoms with van der Waals surface area (Å²) in [4.78, 5) is 18.0. The Morgan fingerprint density at radius 3 is 2.86 bits per heavy atom. The molecule has 4 nitrogen and oxygen atoms in total. The molecule has 4 heteroatoms. The van der Waals surface area contributed by atoms with Crippen molar-refractivity contribution in [3.05, 3.63) is 35.0 Å². The van der Waals surface area contributed by atoms with Gasteiger partial charge in [-0.15, -0.1) is 0 Å². The number of H-pyrrole nitrogens is 1. The molecule has 112 valence electrons. The normalized spacial score (nSPS) is 22.8. The number of hydrogen-bond donors (Lipinski definition) is 1. The number of nitrogens with zero attached hydrogens (tertiary/aromatic N) is 1. The molecule has 1 aromatic heterocycles. The van der Waals surface area contributed by atoms with Gasteiger partial charge in [0, 0.05) is 28.7 Å². The van der Waals surface area contributed by atoms with Crippen molar-refractivity contribution in [3.63, 3.8) is 0 Å². The average molecular weight is 286 g/mol. The van der Waals surface area contributed by atoms with E-state index in [-0.39, 0.29) is 18.1 Å². The van der Waals surface area contributed by atoms with Crippen LogP contribution in [-0.2, 0) is 4.74 Å². The van der Waals surface area contributed by atoms with Gasteiger partial charge in [-0.3, -0.25) is 4.79 Å². The fraction of sp³-hybridized carbons (Fsp3) is 0.471. The van der Waals surface area contributed by atoms with E-state index in [1.165, 1.54) is 5.56 Å². The molecule has 21 heavy (non-hydrogen) atoms. The zero-order valence-corrected chi connectivity index (χ0v) is 13.1. The number of carbonyl (C=O) groups excluding carboxylic acids is 1. The van der Waals surface area contributed by atoms with E-state index >= 15 is 0 Å². The molecule has 0 radical (unpaired) electrons. The number of rotatable bonds is 1. The third-order valence-electron chi connectivity index (χ3n) is 4.42. The Morgan fingerprint density at radius 1 is 1.33 bits per heavy atom. The summed E-state index contributed by atoms with van der Waals surface area (Å²) in [6, 6.07) is 6.03. The monoisotopic (exact) mass is 286 g/mol. The Kier molecular flexibility index (Phi) is 3.49. The Hall–Kier alpha value is -1.81. The summed E-state index contributed by atoms with van der Waals surface area (Å²) in [5.41, 5.74) is 4.21. The Bertz CT molecular complexity index is 689. The maximum absolute atomic E-state index is 12.8. The third kappa shape index (κ3) is 2.44. The van der Waals surface area contributed by atoms with Crippen LogP contribution in [0, 0.1) is 13.8 Å². The van der Waals surface area contributed by atoms with Crippen molar-refractivity contribution in [1.29, 1.82) is 0 Å². The molecule has 2 unspecified atom stereocenters. The lowest BCUT2D eigenvalue weighted by atomic mass is 10.1. The van der Waals surface area contributed by atoms with E-state index in [1.54, 1.807) is 0 Å². The van der Waals surface area contributed by atoms with Crippen LogP contribution in [0.5, 0.6) is 0 Å². The summed E-state index contributed by atoms with van der Waals surface area (Å²) in [6.07, 6.45) is 0.102. The van der Waals surface area contributed by atoms with Gasteiger partial charge in [0.25, 0.3) is 5.91 Å². The highest BCUT2D eigenvalue weighted by atomic mass is 16.5. The van der Waals surface area contributed by atoms with E-state index in [4.69, 9.17) is 4.74 Å². The summed E-state index contributed by atoms with van der Waals surface area (Å²) < 4.78 is 5.60. The maximum Gasteiger partial charge on any atom is 0.254 e. The molecule has 3 rings (SSSR count). The number of ether oxygens (including phenoxy) is 1. The van der Waals surface area contributed by atoms with Crippen molar-refractivity contribution in [2.75, 3.05) is 13.2 Å². The molecule has 0 saturated carbocycles.